The number of phosphoric ester groups is 1. The van der Waals surface area contributed by atoms with Gasteiger partial charge >= 0.3 is 19.8 Å². The van der Waals surface area contributed by atoms with Gasteiger partial charge < -0.3 is 20.1 Å². The van der Waals surface area contributed by atoms with Gasteiger partial charge in [-0.15, -0.1) is 0 Å². The highest BCUT2D eigenvalue weighted by Crippen LogP contribution is 2.43. The summed E-state index contributed by atoms with van der Waals surface area (Å²) in [6, 6.07) is 0. The molecule has 10 heteroatoms. The summed E-state index contributed by atoms with van der Waals surface area (Å²) < 4.78 is 32.9. The number of ether oxygens (including phenoxy) is 2. The van der Waals surface area contributed by atoms with Gasteiger partial charge in [0, 0.05) is 19.4 Å². The summed E-state index contributed by atoms with van der Waals surface area (Å²) in [6.45, 7) is 3.44. The molecule has 0 rings (SSSR count). The molecular weight excluding hydrogens is 858 g/mol. The Morgan fingerprint density at radius 3 is 1.15 bits per heavy atom. The monoisotopic (exact) mass is 950 g/mol. The van der Waals surface area contributed by atoms with E-state index in [1.165, 1.54) is 19.3 Å². The topological polar surface area (TPSA) is 134 Å². The van der Waals surface area contributed by atoms with Crippen molar-refractivity contribution >= 4 is 19.8 Å². The lowest BCUT2D eigenvalue weighted by Crippen LogP contribution is -2.29. The third-order valence-corrected chi connectivity index (χ3v) is 11.0. The number of hydrogen-bond acceptors (Lipinski definition) is 8. The van der Waals surface area contributed by atoms with Crippen LogP contribution in [-0.2, 0) is 32.7 Å². The van der Waals surface area contributed by atoms with Crippen LogP contribution in [0.2, 0.25) is 0 Å². The minimum Gasteiger partial charge on any atom is -0.462 e. The highest BCUT2D eigenvalue weighted by molar-refractivity contribution is 7.47. The summed E-state index contributed by atoms with van der Waals surface area (Å²) in [5.41, 5.74) is 5.37. The van der Waals surface area contributed by atoms with Gasteiger partial charge in [0.15, 0.2) is 6.10 Å². The second-order valence-electron chi connectivity index (χ2n) is 16.3. The minimum atomic E-state index is -4.41. The first-order chi connectivity index (χ1) is 32.8. The zero-order chi connectivity index (χ0) is 48.8. The van der Waals surface area contributed by atoms with Crippen LogP contribution in [0.3, 0.4) is 0 Å². The maximum atomic E-state index is 12.7. The molecule has 0 saturated heterocycles. The van der Waals surface area contributed by atoms with Gasteiger partial charge in [-0.05, 0) is 109 Å². The Morgan fingerprint density at radius 1 is 0.448 bits per heavy atom. The van der Waals surface area contributed by atoms with Crippen LogP contribution in [0.25, 0.3) is 0 Å². The molecule has 0 heterocycles. The number of carbonyl (C=O) groups excluding carboxylic acids is 2. The van der Waals surface area contributed by atoms with Crippen LogP contribution in [0.5, 0.6) is 0 Å². The first-order valence-corrected chi connectivity index (χ1v) is 27.2. The maximum absolute atomic E-state index is 12.7. The standard InChI is InChI=1S/C57H92NO8P/c1-3-5-7-9-11-13-15-17-19-21-23-25-27-29-31-33-35-37-39-41-43-45-47-49-56(59)63-53-55(54-65-67(61,62)64-52-51-58)66-57(60)50-48-46-44-42-40-38-36-34-32-30-28-26-24-22-20-18-16-14-12-10-8-6-4-2/h5-8,11-14,17-20,23-26,29-32,36,38,55H,3-4,9-10,15-16,21-22,27-28,33-35,37,39-54,58H2,1-2H3,(H,61,62)/b7-5-,8-6-,13-11-,14-12-,19-17-,20-18-,25-23-,26-24-,31-29-,32-30-,38-36-. The summed E-state index contributed by atoms with van der Waals surface area (Å²) >= 11 is 0. The van der Waals surface area contributed by atoms with Crippen molar-refractivity contribution in [3.05, 3.63) is 134 Å². The molecule has 0 aromatic rings. The summed E-state index contributed by atoms with van der Waals surface area (Å²) in [5, 5.41) is 0. The first kappa shape index (κ1) is 63.1. The van der Waals surface area contributed by atoms with E-state index in [-0.39, 0.29) is 32.6 Å². The molecule has 0 aromatic carbocycles. The van der Waals surface area contributed by atoms with Crippen LogP contribution >= 0.6 is 7.82 Å². The van der Waals surface area contributed by atoms with Crippen molar-refractivity contribution in [1.29, 1.82) is 0 Å². The van der Waals surface area contributed by atoms with Crippen molar-refractivity contribution in [2.75, 3.05) is 26.4 Å². The number of rotatable bonds is 46. The Balaban J connectivity index is 4.18. The third-order valence-electron chi connectivity index (χ3n) is 10.0. The zero-order valence-corrected chi connectivity index (χ0v) is 42.7. The van der Waals surface area contributed by atoms with Crippen molar-refractivity contribution in [3.63, 3.8) is 0 Å². The number of phosphoric acid groups is 1. The van der Waals surface area contributed by atoms with Crippen molar-refractivity contribution in [1.82, 2.24) is 0 Å². The molecule has 0 fully saturated rings. The fraction of sp³-hybridized carbons (Fsp3) is 0.579. The van der Waals surface area contributed by atoms with Gasteiger partial charge in [-0.3, -0.25) is 18.6 Å². The molecule has 2 atom stereocenters. The Hall–Kier alpha value is -3.85. The fourth-order valence-corrected chi connectivity index (χ4v) is 7.08. The Morgan fingerprint density at radius 2 is 0.776 bits per heavy atom. The lowest BCUT2D eigenvalue weighted by Gasteiger charge is -2.19. The van der Waals surface area contributed by atoms with E-state index >= 15 is 0 Å². The first-order valence-electron chi connectivity index (χ1n) is 25.7. The summed E-state index contributed by atoms with van der Waals surface area (Å²) in [7, 11) is -4.41. The molecule has 0 saturated carbocycles. The summed E-state index contributed by atoms with van der Waals surface area (Å²) in [5.74, 6) is -0.883. The summed E-state index contributed by atoms with van der Waals surface area (Å²) in [6.07, 6.45) is 72.0. The van der Waals surface area contributed by atoms with Gasteiger partial charge in [0.05, 0.1) is 13.2 Å². The van der Waals surface area contributed by atoms with E-state index in [0.29, 0.717) is 12.8 Å². The normalized spacial score (nSPS) is 14.3. The van der Waals surface area contributed by atoms with E-state index in [1.54, 1.807) is 0 Å². The molecule has 0 aliphatic carbocycles. The second-order valence-corrected chi connectivity index (χ2v) is 17.7. The molecule has 9 nitrogen and oxygen atoms in total. The van der Waals surface area contributed by atoms with Gasteiger partial charge in [0.25, 0.3) is 0 Å². The number of nitrogens with two attached hydrogens (primary N) is 1. The molecule has 0 radical (unpaired) electrons. The molecule has 3 N–H and O–H groups in total. The number of carbonyl (C=O) groups is 2. The van der Waals surface area contributed by atoms with Crippen molar-refractivity contribution in [3.8, 4) is 0 Å². The lowest BCUT2D eigenvalue weighted by atomic mass is 10.1. The predicted octanol–water partition coefficient (Wildman–Crippen LogP) is 15.8. The molecule has 0 aliphatic heterocycles. The molecule has 0 spiro atoms. The molecular formula is C57H92NO8P. The van der Waals surface area contributed by atoms with Gasteiger partial charge in [0.2, 0.25) is 0 Å². The van der Waals surface area contributed by atoms with E-state index in [4.69, 9.17) is 24.3 Å². The van der Waals surface area contributed by atoms with Crippen LogP contribution < -0.4 is 5.73 Å². The quantitative estimate of drug-likeness (QED) is 0.0265. The molecule has 378 valence electrons. The molecule has 2 unspecified atom stereocenters. The van der Waals surface area contributed by atoms with E-state index in [0.717, 1.165) is 122 Å². The highest BCUT2D eigenvalue weighted by Gasteiger charge is 2.26. The molecule has 0 amide bonds. The number of esters is 2. The third kappa shape index (κ3) is 51.4. The average Bonchev–Trinajstić information content (AvgIpc) is 3.32. The van der Waals surface area contributed by atoms with Gasteiger partial charge in [-0.2, -0.15) is 0 Å². The van der Waals surface area contributed by atoms with Crippen LogP contribution in [0.15, 0.2) is 134 Å². The smallest absolute Gasteiger partial charge is 0.462 e. The van der Waals surface area contributed by atoms with E-state index in [2.05, 4.69) is 148 Å². The number of hydrogen-bond donors (Lipinski definition) is 2. The molecule has 0 aromatic heterocycles. The predicted molar refractivity (Wildman–Crippen MR) is 284 cm³/mol. The van der Waals surface area contributed by atoms with Crippen molar-refractivity contribution < 1.29 is 37.6 Å². The van der Waals surface area contributed by atoms with Crippen LogP contribution in [0, 0.1) is 0 Å². The van der Waals surface area contributed by atoms with Gasteiger partial charge in [-0.1, -0.05) is 192 Å². The van der Waals surface area contributed by atoms with Crippen LogP contribution in [0.4, 0.5) is 0 Å². The summed E-state index contributed by atoms with van der Waals surface area (Å²) in [4.78, 5) is 35.1. The van der Waals surface area contributed by atoms with Crippen molar-refractivity contribution in [2.45, 2.75) is 187 Å². The Bertz CT molecular complexity index is 1550. The highest BCUT2D eigenvalue weighted by atomic mass is 31.2. The average molecular weight is 950 g/mol. The van der Waals surface area contributed by atoms with E-state index in [1.807, 2.05) is 0 Å². The molecule has 0 bridgehead atoms. The minimum absolute atomic E-state index is 0.0388. The number of unbranched alkanes of at least 4 members (excludes halogenated alkanes) is 11. The molecule has 67 heavy (non-hydrogen) atoms. The van der Waals surface area contributed by atoms with Crippen molar-refractivity contribution in [2.24, 2.45) is 5.73 Å². The largest absolute Gasteiger partial charge is 0.472 e. The lowest BCUT2D eigenvalue weighted by molar-refractivity contribution is -0.161. The van der Waals surface area contributed by atoms with Gasteiger partial charge in [0.1, 0.15) is 6.61 Å². The number of allylic oxidation sites excluding steroid dienone is 22. The van der Waals surface area contributed by atoms with E-state index < -0.39 is 32.5 Å². The maximum Gasteiger partial charge on any atom is 0.472 e. The Kier molecular flexibility index (Phi) is 48.6. The van der Waals surface area contributed by atoms with Gasteiger partial charge in [-0.25, -0.2) is 4.57 Å². The fourth-order valence-electron chi connectivity index (χ4n) is 6.31. The van der Waals surface area contributed by atoms with Crippen LogP contribution in [-0.4, -0.2) is 49.3 Å². The Labute approximate surface area is 408 Å². The van der Waals surface area contributed by atoms with Crippen LogP contribution in [0.1, 0.15) is 181 Å². The zero-order valence-electron chi connectivity index (χ0n) is 41.8. The second kappa shape index (κ2) is 51.5. The van der Waals surface area contributed by atoms with E-state index in [9.17, 15) is 19.0 Å². The SMILES string of the molecule is CC/C=C\C/C=C\C/C=C\C/C=C\C/C=C\C/C=C\CCCCCCC(=O)OC(COC(=O)CCCCCCCCC/C=C\C/C=C\C/C=C\C/C=C\C/C=C\CC)COP(=O)(O)OCCN. The molecule has 0 aliphatic rings.